The highest BCUT2D eigenvalue weighted by Crippen LogP contribution is 2.18. The van der Waals surface area contributed by atoms with E-state index in [4.69, 9.17) is 0 Å². The van der Waals surface area contributed by atoms with Crippen molar-refractivity contribution in [1.82, 2.24) is 9.80 Å². The van der Waals surface area contributed by atoms with E-state index in [0.717, 1.165) is 26.2 Å². The molecule has 2 saturated heterocycles. The summed E-state index contributed by atoms with van der Waals surface area (Å²) in [5.41, 5.74) is 0. The summed E-state index contributed by atoms with van der Waals surface area (Å²) in [6, 6.07) is 1.24. The number of rotatable bonds is 4. The number of aliphatic hydroxyl groups excluding tert-OH is 1. The minimum Gasteiger partial charge on any atom is -0.390 e. The summed E-state index contributed by atoms with van der Waals surface area (Å²) in [6.45, 7) is 8.58. The van der Waals surface area contributed by atoms with Crippen LogP contribution in [0.25, 0.3) is 0 Å². The van der Waals surface area contributed by atoms with E-state index in [0.29, 0.717) is 12.1 Å². The van der Waals surface area contributed by atoms with Gasteiger partial charge in [0.15, 0.2) is 0 Å². The molecule has 3 atom stereocenters. The Morgan fingerprint density at radius 2 is 1.35 bits per heavy atom. The van der Waals surface area contributed by atoms with Crippen LogP contribution in [-0.4, -0.2) is 82.3 Å². The van der Waals surface area contributed by atoms with Gasteiger partial charge >= 0.3 is 0 Å². The number of thioether (sulfide) groups is 2. The second kappa shape index (κ2) is 8.89. The topological polar surface area (TPSA) is 26.7 Å². The highest BCUT2D eigenvalue weighted by atomic mass is 32.2. The fourth-order valence-electron chi connectivity index (χ4n) is 3.02. The minimum atomic E-state index is -0.203. The zero-order valence-corrected chi connectivity index (χ0v) is 14.6. The van der Waals surface area contributed by atoms with Crippen LogP contribution in [0.5, 0.6) is 0 Å². The molecular formula is C15H30N2OS2. The first-order valence-corrected chi connectivity index (χ1v) is 10.3. The van der Waals surface area contributed by atoms with Crippen molar-refractivity contribution in [3.8, 4) is 0 Å². The molecule has 0 amide bonds. The van der Waals surface area contributed by atoms with Gasteiger partial charge in [-0.25, -0.2) is 0 Å². The maximum Gasteiger partial charge on any atom is 0.0794 e. The largest absolute Gasteiger partial charge is 0.390 e. The van der Waals surface area contributed by atoms with Crippen LogP contribution in [0.1, 0.15) is 26.7 Å². The molecule has 0 aromatic rings. The standard InChI is InChI=1S/C15H30N2OS2/c1-13-3-7-19-9-5-16(13)11-15(18)12-17-6-10-20-8-4-14(17)2/h13-15,18H,3-12H2,1-2H3/t13-,14+,15?. The molecule has 118 valence electrons. The van der Waals surface area contributed by atoms with Crippen molar-refractivity contribution in [2.45, 2.75) is 44.9 Å². The van der Waals surface area contributed by atoms with Gasteiger partial charge in [-0.05, 0) is 38.2 Å². The molecular weight excluding hydrogens is 288 g/mol. The Bertz CT molecular complexity index is 255. The van der Waals surface area contributed by atoms with Crippen LogP contribution in [0.3, 0.4) is 0 Å². The maximum atomic E-state index is 10.5. The van der Waals surface area contributed by atoms with Gasteiger partial charge in [0.1, 0.15) is 0 Å². The summed E-state index contributed by atoms with van der Waals surface area (Å²) in [7, 11) is 0. The van der Waals surface area contributed by atoms with Crippen LogP contribution in [0.2, 0.25) is 0 Å². The fraction of sp³-hybridized carbons (Fsp3) is 1.00. The summed E-state index contributed by atoms with van der Waals surface area (Å²) in [6.07, 6.45) is 2.31. The van der Waals surface area contributed by atoms with Gasteiger partial charge in [0.2, 0.25) is 0 Å². The smallest absolute Gasteiger partial charge is 0.0794 e. The molecule has 3 nitrogen and oxygen atoms in total. The lowest BCUT2D eigenvalue weighted by atomic mass is 10.1. The molecule has 2 fully saturated rings. The van der Waals surface area contributed by atoms with Crippen LogP contribution < -0.4 is 0 Å². The first-order chi connectivity index (χ1) is 9.66. The van der Waals surface area contributed by atoms with Crippen molar-refractivity contribution in [2.75, 3.05) is 49.2 Å². The lowest BCUT2D eigenvalue weighted by Crippen LogP contribution is -2.46. The summed E-state index contributed by atoms with van der Waals surface area (Å²) in [5.74, 6) is 4.98. The molecule has 0 aromatic carbocycles. The van der Waals surface area contributed by atoms with E-state index in [1.54, 1.807) is 0 Å². The van der Waals surface area contributed by atoms with E-state index in [9.17, 15) is 5.11 Å². The Morgan fingerprint density at radius 1 is 0.900 bits per heavy atom. The predicted molar refractivity (Wildman–Crippen MR) is 92.0 cm³/mol. The third-order valence-electron chi connectivity index (χ3n) is 4.54. The average molecular weight is 319 g/mol. The van der Waals surface area contributed by atoms with Gasteiger partial charge in [0.05, 0.1) is 6.10 Å². The average Bonchev–Trinajstić information content (AvgIpc) is 2.73. The van der Waals surface area contributed by atoms with E-state index in [1.165, 1.54) is 35.9 Å². The molecule has 20 heavy (non-hydrogen) atoms. The van der Waals surface area contributed by atoms with Crippen LogP contribution in [0, 0.1) is 0 Å². The van der Waals surface area contributed by atoms with E-state index < -0.39 is 0 Å². The maximum absolute atomic E-state index is 10.5. The summed E-state index contributed by atoms with van der Waals surface area (Å²) in [4.78, 5) is 4.98. The van der Waals surface area contributed by atoms with Gasteiger partial charge in [-0.3, -0.25) is 9.80 Å². The summed E-state index contributed by atoms with van der Waals surface area (Å²) >= 11 is 4.11. The molecule has 1 N–H and O–H groups in total. The van der Waals surface area contributed by atoms with Gasteiger partial charge in [0.25, 0.3) is 0 Å². The van der Waals surface area contributed by atoms with Crippen molar-refractivity contribution in [3.05, 3.63) is 0 Å². The Kier molecular flexibility index (Phi) is 7.53. The number of hydrogen-bond donors (Lipinski definition) is 1. The number of aliphatic hydroxyl groups is 1. The number of nitrogens with zero attached hydrogens (tertiary/aromatic N) is 2. The summed E-state index contributed by atoms with van der Waals surface area (Å²) < 4.78 is 0. The predicted octanol–water partition coefficient (Wildman–Crippen LogP) is 2.00. The van der Waals surface area contributed by atoms with Crippen molar-refractivity contribution >= 4 is 23.5 Å². The number of hydrogen-bond acceptors (Lipinski definition) is 5. The molecule has 2 aliphatic heterocycles. The molecule has 0 aromatic heterocycles. The zero-order valence-electron chi connectivity index (χ0n) is 13.0. The van der Waals surface area contributed by atoms with Crippen molar-refractivity contribution < 1.29 is 5.11 Å². The van der Waals surface area contributed by atoms with Crippen molar-refractivity contribution in [1.29, 1.82) is 0 Å². The Hall–Kier alpha value is 0.580. The highest BCUT2D eigenvalue weighted by Gasteiger charge is 2.23. The second-order valence-corrected chi connectivity index (χ2v) is 8.59. The minimum absolute atomic E-state index is 0.203. The molecule has 5 heteroatoms. The normalized spacial score (nSPS) is 32.5. The van der Waals surface area contributed by atoms with E-state index in [1.807, 2.05) is 0 Å². The van der Waals surface area contributed by atoms with Crippen LogP contribution in [0.4, 0.5) is 0 Å². The Morgan fingerprint density at radius 3 is 1.80 bits per heavy atom. The molecule has 1 unspecified atom stereocenters. The second-order valence-electron chi connectivity index (χ2n) is 6.14. The third kappa shape index (κ3) is 5.41. The zero-order chi connectivity index (χ0) is 14.4. The number of β-amino-alcohol motifs (C(OH)–C–C–N with tert-alkyl or cyclic N) is 1. The monoisotopic (exact) mass is 318 g/mol. The van der Waals surface area contributed by atoms with Crippen molar-refractivity contribution in [3.63, 3.8) is 0 Å². The third-order valence-corrected chi connectivity index (χ3v) is 6.53. The molecule has 0 spiro atoms. The van der Waals surface area contributed by atoms with E-state index in [-0.39, 0.29) is 6.10 Å². The SMILES string of the molecule is C[C@@H]1CCSCCN1CC(O)CN1CCSCC[C@@H]1C. The Balaban J connectivity index is 1.79. The van der Waals surface area contributed by atoms with E-state index in [2.05, 4.69) is 47.2 Å². The first kappa shape index (κ1) is 16.9. The van der Waals surface area contributed by atoms with Crippen molar-refractivity contribution in [2.24, 2.45) is 0 Å². The molecule has 0 bridgehead atoms. The van der Waals surface area contributed by atoms with Gasteiger partial charge < -0.3 is 5.11 Å². The van der Waals surface area contributed by atoms with E-state index >= 15 is 0 Å². The quantitative estimate of drug-likeness (QED) is 0.855. The molecule has 2 rings (SSSR count). The highest BCUT2D eigenvalue weighted by molar-refractivity contribution is 7.99. The first-order valence-electron chi connectivity index (χ1n) is 7.98. The van der Waals surface area contributed by atoms with Gasteiger partial charge in [-0.1, -0.05) is 0 Å². The lowest BCUT2D eigenvalue weighted by Gasteiger charge is -2.33. The van der Waals surface area contributed by atoms with Crippen LogP contribution in [-0.2, 0) is 0 Å². The molecule has 0 saturated carbocycles. The van der Waals surface area contributed by atoms with Gasteiger partial charge in [-0.15, -0.1) is 0 Å². The lowest BCUT2D eigenvalue weighted by molar-refractivity contribution is 0.0536. The van der Waals surface area contributed by atoms with Gasteiger partial charge in [0, 0.05) is 49.8 Å². The van der Waals surface area contributed by atoms with Gasteiger partial charge in [-0.2, -0.15) is 23.5 Å². The fourth-order valence-corrected chi connectivity index (χ4v) is 5.17. The van der Waals surface area contributed by atoms with Crippen LogP contribution >= 0.6 is 23.5 Å². The molecule has 2 heterocycles. The Labute approximate surface area is 132 Å². The molecule has 0 radical (unpaired) electrons. The summed E-state index contributed by atoms with van der Waals surface area (Å²) in [5, 5.41) is 10.5. The van der Waals surface area contributed by atoms with Crippen LogP contribution in [0.15, 0.2) is 0 Å². The molecule has 0 aliphatic carbocycles. The molecule has 2 aliphatic rings.